The molecule has 4 N–H and O–H groups in total. The number of aliphatic carboxylic acids is 3. The molecule has 0 aromatic rings. The Bertz CT molecular complexity index is 402. The Kier molecular flexibility index (Phi) is 8.30. The number of hydrogen-bond acceptors (Lipinski definition) is 4. The van der Waals surface area contributed by atoms with E-state index in [1.807, 2.05) is 0 Å². The minimum Gasteiger partial charge on any atom is -0.481 e. The summed E-state index contributed by atoms with van der Waals surface area (Å²) in [6.07, 6.45) is 5.80. The molecule has 0 aromatic carbocycles. The molecule has 0 aliphatic heterocycles. The number of unbranched alkanes of at least 4 members (excludes halogenated alkanes) is 4. The summed E-state index contributed by atoms with van der Waals surface area (Å²) in [5.74, 6) is -6.83. The minimum atomic E-state index is -2.86. The van der Waals surface area contributed by atoms with Crippen LogP contribution in [0.2, 0.25) is 0 Å². The number of aliphatic hydroxyl groups is 1. The van der Waals surface area contributed by atoms with E-state index in [0.29, 0.717) is 6.42 Å². The van der Waals surface area contributed by atoms with E-state index in [0.717, 1.165) is 31.8 Å². The lowest BCUT2D eigenvalue weighted by atomic mass is 9.84. The first-order valence-electron chi connectivity index (χ1n) is 6.82. The van der Waals surface area contributed by atoms with Gasteiger partial charge in [0.15, 0.2) is 5.60 Å². The molecule has 0 fully saturated rings. The van der Waals surface area contributed by atoms with Gasteiger partial charge in [-0.3, -0.25) is 9.59 Å². The zero-order chi connectivity index (χ0) is 16.5. The van der Waals surface area contributed by atoms with E-state index >= 15 is 0 Å². The monoisotopic (exact) mass is 302 g/mol. The van der Waals surface area contributed by atoms with Crippen LogP contribution in [0.5, 0.6) is 0 Å². The molecular weight excluding hydrogens is 280 g/mol. The summed E-state index contributed by atoms with van der Waals surface area (Å²) in [7, 11) is 0. The first kappa shape index (κ1) is 19.1. The van der Waals surface area contributed by atoms with E-state index in [-0.39, 0.29) is 0 Å². The van der Waals surface area contributed by atoms with Gasteiger partial charge in [-0.2, -0.15) is 0 Å². The largest absolute Gasteiger partial charge is 0.481 e. The lowest BCUT2D eigenvalue weighted by molar-refractivity contribution is -0.175. The van der Waals surface area contributed by atoms with Gasteiger partial charge in [-0.25, -0.2) is 4.79 Å². The maximum absolute atomic E-state index is 11.1. The number of carboxylic acids is 3. The molecule has 120 valence electrons. The molecule has 2 unspecified atom stereocenters. The van der Waals surface area contributed by atoms with Crippen LogP contribution in [0.3, 0.4) is 0 Å². The molecule has 0 aliphatic carbocycles. The molecule has 0 saturated carbocycles. The molecule has 2 atom stereocenters. The van der Waals surface area contributed by atoms with Gasteiger partial charge in [0.2, 0.25) is 0 Å². The summed E-state index contributed by atoms with van der Waals surface area (Å²) in [6.45, 7) is 2.05. The Labute approximate surface area is 122 Å². The first-order chi connectivity index (χ1) is 9.75. The predicted octanol–water partition coefficient (Wildman–Crippen LogP) is 1.50. The van der Waals surface area contributed by atoms with Crippen LogP contribution in [0.4, 0.5) is 0 Å². The molecule has 0 bridgehead atoms. The summed E-state index contributed by atoms with van der Waals surface area (Å²) in [5, 5.41) is 36.6. The van der Waals surface area contributed by atoms with Gasteiger partial charge in [-0.05, 0) is 12.8 Å². The van der Waals surface area contributed by atoms with Crippen molar-refractivity contribution in [3.8, 4) is 0 Å². The van der Waals surface area contributed by atoms with Gasteiger partial charge in [0.1, 0.15) is 5.92 Å². The number of carbonyl (C=O) groups is 3. The van der Waals surface area contributed by atoms with Gasteiger partial charge in [0, 0.05) is 0 Å². The molecule has 0 rings (SSSR count). The SMILES string of the molecule is CCCCCC/C=C/C(C(=O)O)C(O)(CC(=O)O)C(=O)O. The standard InChI is InChI=1S/C14H22O7/c1-2-3-4-5-6-7-8-10(12(17)18)14(21,13(19)20)9-11(15)16/h7-8,10,21H,2-6,9H2,1H3,(H,15,16)(H,17,18)(H,19,20)/b8-7+. The molecular formula is C14H22O7. The fourth-order valence-corrected chi connectivity index (χ4v) is 1.92. The first-order valence-corrected chi connectivity index (χ1v) is 6.82. The third-order valence-electron chi connectivity index (χ3n) is 3.12. The average Bonchev–Trinajstić information content (AvgIpc) is 2.36. The van der Waals surface area contributed by atoms with Crippen molar-refractivity contribution in [1.29, 1.82) is 0 Å². The Morgan fingerprint density at radius 3 is 2.14 bits per heavy atom. The van der Waals surface area contributed by atoms with E-state index in [2.05, 4.69) is 6.92 Å². The third kappa shape index (κ3) is 6.40. The molecule has 0 heterocycles. The van der Waals surface area contributed by atoms with E-state index in [4.69, 9.17) is 15.3 Å². The zero-order valence-electron chi connectivity index (χ0n) is 12.0. The summed E-state index contributed by atoms with van der Waals surface area (Å²) < 4.78 is 0. The highest BCUT2D eigenvalue weighted by Crippen LogP contribution is 2.25. The smallest absolute Gasteiger partial charge is 0.337 e. The van der Waals surface area contributed by atoms with Gasteiger partial charge in [-0.1, -0.05) is 38.3 Å². The summed E-state index contributed by atoms with van der Waals surface area (Å²) in [6, 6.07) is 0. The fourth-order valence-electron chi connectivity index (χ4n) is 1.92. The number of carboxylic acid groups (broad SMARTS) is 3. The lowest BCUT2D eigenvalue weighted by Crippen LogP contribution is -2.50. The maximum Gasteiger partial charge on any atom is 0.337 e. The maximum atomic E-state index is 11.1. The molecule has 7 heteroatoms. The predicted molar refractivity (Wildman–Crippen MR) is 73.9 cm³/mol. The highest BCUT2D eigenvalue weighted by Gasteiger charge is 2.48. The van der Waals surface area contributed by atoms with Crippen LogP contribution in [0, 0.1) is 5.92 Å². The molecule has 0 amide bonds. The molecule has 0 saturated heterocycles. The van der Waals surface area contributed by atoms with Crippen molar-refractivity contribution in [3.63, 3.8) is 0 Å². The Hall–Kier alpha value is -1.89. The van der Waals surface area contributed by atoms with Crippen LogP contribution in [0.15, 0.2) is 12.2 Å². The fraction of sp³-hybridized carbons (Fsp3) is 0.643. The summed E-state index contributed by atoms with van der Waals surface area (Å²) >= 11 is 0. The van der Waals surface area contributed by atoms with Crippen LogP contribution < -0.4 is 0 Å². The van der Waals surface area contributed by atoms with Crippen LogP contribution in [0.1, 0.15) is 45.4 Å². The van der Waals surface area contributed by atoms with Gasteiger partial charge < -0.3 is 20.4 Å². The second-order valence-corrected chi connectivity index (χ2v) is 4.89. The van der Waals surface area contributed by atoms with Gasteiger partial charge in [0.05, 0.1) is 6.42 Å². The van der Waals surface area contributed by atoms with Crippen molar-refractivity contribution < 1.29 is 34.8 Å². The van der Waals surface area contributed by atoms with E-state index < -0.39 is 35.8 Å². The average molecular weight is 302 g/mol. The quantitative estimate of drug-likeness (QED) is 0.336. The molecule has 21 heavy (non-hydrogen) atoms. The molecule has 7 nitrogen and oxygen atoms in total. The normalized spacial score (nSPS) is 15.5. The van der Waals surface area contributed by atoms with Crippen molar-refractivity contribution in [3.05, 3.63) is 12.2 Å². The second kappa shape index (κ2) is 9.12. The third-order valence-corrected chi connectivity index (χ3v) is 3.12. The topological polar surface area (TPSA) is 132 Å². The summed E-state index contributed by atoms with van der Waals surface area (Å²) in [5.41, 5.74) is -2.86. The Morgan fingerprint density at radius 1 is 1.10 bits per heavy atom. The van der Waals surface area contributed by atoms with Gasteiger partial charge in [0.25, 0.3) is 0 Å². The second-order valence-electron chi connectivity index (χ2n) is 4.89. The van der Waals surface area contributed by atoms with E-state index in [1.54, 1.807) is 0 Å². The molecule has 0 aromatic heterocycles. The highest BCUT2D eigenvalue weighted by atomic mass is 16.4. The summed E-state index contributed by atoms with van der Waals surface area (Å²) in [4.78, 5) is 32.9. The van der Waals surface area contributed by atoms with Crippen LogP contribution in [-0.4, -0.2) is 43.9 Å². The Morgan fingerprint density at radius 2 is 1.71 bits per heavy atom. The van der Waals surface area contributed by atoms with Crippen molar-refractivity contribution in [2.24, 2.45) is 5.92 Å². The highest BCUT2D eigenvalue weighted by molar-refractivity contribution is 5.90. The minimum absolute atomic E-state index is 0.548. The van der Waals surface area contributed by atoms with Crippen molar-refractivity contribution >= 4 is 17.9 Å². The Balaban J connectivity index is 4.92. The van der Waals surface area contributed by atoms with Crippen LogP contribution in [0.25, 0.3) is 0 Å². The van der Waals surface area contributed by atoms with E-state index in [9.17, 15) is 19.5 Å². The number of allylic oxidation sites excluding steroid dienone is 1. The zero-order valence-corrected chi connectivity index (χ0v) is 12.0. The van der Waals surface area contributed by atoms with Crippen LogP contribution >= 0.6 is 0 Å². The number of hydrogen-bond donors (Lipinski definition) is 4. The lowest BCUT2D eigenvalue weighted by Gasteiger charge is -2.26. The van der Waals surface area contributed by atoms with E-state index in [1.165, 1.54) is 6.08 Å². The van der Waals surface area contributed by atoms with Gasteiger partial charge in [-0.15, -0.1) is 0 Å². The van der Waals surface area contributed by atoms with Crippen molar-refractivity contribution in [2.45, 2.75) is 51.0 Å². The molecule has 0 aliphatic rings. The molecule has 0 radical (unpaired) electrons. The van der Waals surface area contributed by atoms with Crippen LogP contribution in [-0.2, 0) is 14.4 Å². The van der Waals surface area contributed by atoms with Crippen molar-refractivity contribution in [1.82, 2.24) is 0 Å². The molecule has 0 spiro atoms. The number of rotatable bonds is 11. The van der Waals surface area contributed by atoms with Gasteiger partial charge >= 0.3 is 17.9 Å². The van der Waals surface area contributed by atoms with Crippen molar-refractivity contribution in [2.75, 3.05) is 0 Å².